The summed E-state index contributed by atoms with van der Waals surface area (Å²) in [5.74, 6) is 1.60. The largest absolute Gasteiger partial charge is 0.497 e. The van der Waals surface area contributed by atoms with E-state index >= 15 is 0 Å². The number of rotatable bonds is 8. The first-order valence-electron chi connectivity index (χ1n) is 7.66. The molecule has 134 valence electrons. The highest BCUT2D eigenvalue weighted by Gasteiger charge is 2.15. The zero-order chi connectivity index (χ0) is 18.2. The van der Waals surface area contributed by atoms with Crippen LogP contribution in [0.15, 0.2) is 42.5 Å². The highest BCUT2D eigenvalue weighted by Crippen LogP contribution is 2.28. The van der Waals surface area contributed by atoms with E-state index in [0.29, 0.717) is 34.7 Å². The van der Waals surface area contributed by atoms with E-state index in [1.165, 1.54) is 0 Å². The number of carbonyl (C=O) groups is 1. The molecule has 0 radical (unpaired) electrons. The van der Waals surface area contributed by atoms with Gasteiger partial charge >= 0.3 is 0 Å². The lowest BCUT2D eigenvalue weighted by molar-refractivity contribution is -0.127. The van der Waals surface area contributed by atoms with Crippen molar-refractivity contribution in [2.24, 2.45) is 0 Å². The van der Waals surface area contributed by atoms with Crippen LogP contribution in [0, 0.1) is 0 Å². The van der Waals surface area contributed by atoms with Crippen LogP contribution >= 0.6 is 23.2 Å². The van der Waals surface area contributed by atoms with Crippen LogP contribution in [0.25, 0.3) is 0 Å². The minimum Gasteiger partial charge on any atom is -0.497 e. The van der Waals surface area contributed by atoms with Crippen molar-refractivity contribution in [3.8, 4) is 17.2 Å². The lowest BCUT2D eigenvalue weighted by atomic mass is 10.3. The van der Waals surface area contributed by atoms with Gasteiger partial charge in [-0.25, -0.2) is 0 Å². The predicted molar refractivity (Wildman–Crippen MR) is 98.1 cm³/mol. The Morgan fingerprint density at radius 3 is 2.44 bits per heavy atom. The fourth-order valence-corrected chi connectivity index (χ4v) is 2.43. The summed E-state index contributed by atoms with van der Waals surface area (Å²) in [5.41, 5.74) is 0. The maximum atomic E-state index is 12.0. The van der Waals surface area contributed by atoms with Gasteiger partial charge in [-0.05, 0) is 49.4 Å². The molecule has 2 aromatic carbocycles. The fraction of sp³-hybridized carbons (Fsp3) is 0.278. The van der Waals surface area contributed by atoms with E-state index in [1.807, 2.05) is 0 Å². The molecule has 1 atom stereocenters. The van der Waals surface area contributed by atoms with Gasteiger partial charge in [0.05, 0.1) is 18.7 Å². The second-order valence-corrected chi connectivity index (χ2v) is 5.99. The average molecular weight is 384 g/mol. The number of hydrogen-bond donors (Lipinski definition) is 1. The van der Waals surface area contributed by atoms with Crippen molar-refractivity contribution in [1.82, 2.24) is 5.32 Å². The average Bonchev–Trinajstić information content (AvgIpc) is 2.61. The van der Waals surface area contributed by atoms with Crippen LogP contribution in [0.2, 0.25) is 10.0 Å². The Morgan fingerprint density at radius 2 is 1.80 bits per heavy atom. The molecule has 2 aromatic rings. The summed E-state index contributed by atoms with van der Waals surface area (Å²) >= 11 is 11.9. The first-order chi connectivity index (χ1) is 12.0. The molecule has 1 N–H and O–H groups in total. The van der Waals surface area contributed by atoms with Crippen LogP contribution in [0.4, 0.5) is 0 Å². The molecule has 0 bridgehead atoms. The Kier molecular flexibility index (Phi) is 7.22. The summed E-state index contributed by atoms with van der Waals surface area (Å²) in [5, 5.41) is 3.60. The summed E-state index contributed by atoms with van der Waals surface area (Å²) in [6.07, 6.45) is -0.695. The number of ether oxygens (including phenoxy) is 3. The van der Waals surface area contributed by atoms with Gasteiger partial charge in [0, 0.05) is 5.02 Å². The van der Waals surface area contributed by atoms with Crippen molar-refractivity contribution in [1.29, 1.82) is 0 Å². The summed E-state index contributed by atoms with van der Waals surface area (Å²) in [6.45, 7) is 2.34. The minimum absolute atomic E-state index is 0.260. The molecule has 0 aliphatic rings. The highest BCUT2D eigenvalue weighted by molar-refractivity contribution is 6.35. The second kappa shape index (κ2) is 9.39. The zero-order valence-electron chi connectivity index (χ0n) is 13.9. The number of halogens is 2. The molecule has 5 nitrogen and oxygen atoms in total. The number of carbonyl (C=O) groups excluding carboxylic acids is 1. The van der Waals surface area contributed by atoms with Gasteiger partial charge in [0.15, 0.2) is 6.10 Å². The number of hydrogen-bond acceptors (Lipinski definition) is 4. The van der Waals surface area contributed by atoms with Gasteiger partial charge < -0.3 is 19.5 Å². The Morgan fingerprint density at radius 1 is 1.12 bits per heavy atom. The first kappa shape index (κ1) is 19.2. The molecule has 0 fully saturated rings. The molecule has 0 spiro atoms. The lowest BCUT2D eigenvalue weighted by Gasteiger charge is -2.16. The Bertz CT molecular complexity index is 707. The van der Waals surface area contributed by atoms with Crippen LogP contribution in [0.5, 0.6) is 17.2 Å². The number of nitrogens with one attached hydrogen (secondary N) is 1. The van der Waals surface area contributed by atoms with Crippen molar-refractivity contribution >= 4 is 29.1 Å². The minimum atomic E-state index is -0.695. The molecule has 0 saturated heterocycles. The first-order valence-corrected chi connectivity index (χ1v) is 8.41. The number of benzene rings is 2. The standard InChI is InChI=1S/C18H19Cl2NO4/c1-12(25-17-8-3-13(19)11-16(17)20)18(22)21-9-10-24-15-6-4-14(23-2)5-7-15/h3-8,11-12H,9-10H2,1-2H3,(H,21,22)/t12-/m1/s1. The van der Waals surface area contributed by atoms with Crippen LogP contribution in [0.1, 0.15) is 6.92 Å². The van der Waals surface area contributed by atoms with E-state index in [-0.39, 0.29) is 5.91 Å². The Labute approximate surface area is 156 Å². The van der Waals surface area contributed by atoms with Crippen molar-refractivity contribution in [2.45, 2.75) is 13.0 Å². The van der Waals surface area contributed by atoms with Crippen molar-refractivity contribution in [2.75, 3.05) is 20.3 Å². The third-order valence-electron chi connectivity index (χ3n) is 3.30. The van der Waals surface area contributed by atoms with Gasteiger partial charge in [0.25, 0.3) is 5.91 Å². The van der Waals surface area contributed by atoms with Gasteiger partial charge in [-0.2, -0.15) is 0 Å². The van der Waals surface area contributed by atoms with Gasteiger partial charge in [-0.15, -0.1) is 0 Å². The molecule has 0 aromatic heterocycles. The summed E-state index contributed by atoms with van der Waals surface area (Å²) in [7, 11) is 1.60. The highest BCUT2D eigenvalue weighted by atomic mass is 35.5. The van der Waals surface area contributed by atoms with Crippen molar-refractivity contribution in [3.63, 3.8) is 0 Å². The third-order valence-corrected chi connectivity index (χ3v) is 3.83. The molecular formula is C18H19Cl2NO4. The third kappa shape index (κ3) is 6.03. The molecule has 0 aliphatic heterocycles. The van der Waals surface area contributed by atoms with Gasteiger partial charge in [-0.1, -0.05) is 23.2 Å². The molecule has 25 heavy (non-hydrogen) atoms. The maximum Gasteiger partial charge on any atom is 0.260 e. The van der Waals surface area contributed by atoms with Crippen LogP contribution in [-0.4, -0.2) is 32.3 Å². The zero-order valence-corrected chi connectivity index (χ0v) is 15.4. The molecule has 7 heteroatoms. The van der Waals surface area contributed by atoms with Gasteiger partial charge in [0.2, 0.25) is 0 Å². The molecule has 0 aliphatic carbocycles. The van der Waals surface area contributed by atoms with Crippen LogP contribution in [-0.2, 0) is 4.79 Å². The number of methoxy groups -OCH3 is 1. The SMILES string of the molecule is COc1ccc(OCCNC(=O)[C@@H](C)Oc2ccc(Cl)cc2Cl)cc1. The van der Waals surface area contributed by atoms with Crippen molar-refractivity contribution < 1.29 is 19.0 Å². The Hall–Kier alpha value is -2.11. The summed E-state index contributed by atoms with van der Waals surface area (Å²) in [4.78, 5) is 12.0. The predicted octanol–water partition coefficient (Wildman–Crippen LogP) is 3.96. The van der Waals surface area contributed by atoms with Gasteiger partial charge in [-0.3, -0.25) is 4.79 Å². The molecule has 0 heterocycles. The van der Waals surface area contributed by atoms with Crippen LogP contribution < -0.4 is 19.5 Å². The smallest absolute Gasteiger partial charge is 0.260 e. The van der Waals surface area contributed by atoms with E-state index in [2.05, 4.69) is 5.32 Å². The summed E-state index contributed by atoms with van der Waals surface area (Å²) in [6, 6.07) is 12.0. The van der Waals surface area contributed by atoms with E-state index in [4.69, 9.17) is 37.4 Å². The van der Waals surface area contributed by atoms with E-state index < -0.39 is 6.10 Å². The quantitative estimate of drug-likeness (QED) is 0.700. The normalized spacial score (nSPS) is 11.5. The topological polar surface area (TPSA) is 56.8 Å². The maximum absolute atomic E-state index is 12.0. The Balaban J connectivity index is 1.73. The van der Waals surface area contributed by atoms with E-state index in [0.717, 1.165) is 5.75 Å². The fourth-order valence-electron chi connectivity index (χ4n) is 1.97. The van der Waals surface area contributed by atoms with Gasteiger partial charge in [0.1, 0.15) is 23.9 Å². The molecular weight excluding hydrogens is 365 g/mol. The second-order valence-electron chi connectivity index (χ2n) is 5.15. The molecule has 0 unspecified atom stereocenters. The number of amides is 1. The van der Waals surface area contributed by atoms with Crippen LogP contribution in [0.3, 0.4) is 0 Å². The lowest BCUT2D eigenvalue weighted by Crippen LogP contribution is -2.38. The monoisotopic (exact) mass is 383 g/mol. The molecule has 1 amide bonds. The molecule has 2 rings (SSSR count). The molecule has 0 saturated carbocycles. The van der Waals surface area contributed by atoms with Crippen molar-refractivity contribution in [3.05, 3.63) is 52.5 Å². The summed E-state index contributed by atoms with van der Waals surface area (Å²) < 4.78 is 16.2. The van der Waals surface area contributed by atoms with E-state index in [9.17, 15) is 4.79 Å². The van der Waals surface area contributed by atoms with E-state index in [1.54, 1.807) is 56.5 Å².